The highest BCUT2D eigenvalue weighted by atomic mass is 16.5. The minimum absolute atomic E-state index is 0.0968. The standard InChI is InChI=1S/C29H32N4O2/c1-21-16-22-18-27-26(29(34)33-9-5-8-25(33)20-30-27)17-23(22)19-28(21)35-15-14-31-10-12-32(13-11-31)24-6-3-2-4-7-24/h2-4,6-7,16-20,25H,5,8-15H2,1H3/t25-/m0/s1. The van der Waals surface area contributed by atoms with Gasteiger partial charge in [0.1, 0.15) is 12.4 Å². The Morgan fingerprint density at radius 1 is 0.971 bits per heavy atom. The van der Waals surface area contributed by atoms with E-state index in [1.165, 1.54) is 5.69 Å². The first-order valence-corrected chi connectivity index (χ1v) is 12.7. The number of aryl methyl sites for hydroxylation is 1. The van der Waals surface area contributed by atoms with E-state index in [0.29, 0.717) is 12.2 Å². The largest absolute Gasteiger partial charge is 0.492 e. The van der Waals surface area contributed by atoms with Crippen molar-refractivity contribution in [3.8, 4) is 5.75 Å². The summed E-state index contributed by atoms with van der Waals surface area (Å²) in [4.78, 5) is 24.7. The van der Waals surface area contributed by atoms with Gasteiger partial charge in [-0.2, -0.15) is 0 Å². The van der Waals surface area contributed by atoms with Crippen molar-refractivity contribution >= 4 is 34.3 Å². The zero-order valence-electron chi connectivity index (χ0n) is 20.3. The number of hydrogen-bond donors (Lipinski definition) is 0. The molecule has 3 aromatic rings. The maximum absolute atomic E-state index is 13.2. The fourth-order valence-corrected chi connectivity index (χ4v) is 5.54. The van der Waals surface area contributed by atoms with Crippen molar-refractivity contribution in [2.24, 2.45) is 4.99 Å². The molecule has 3 aromatic carbocycles. The van der Waals surface area contributed by atoms with E-state index in [2.05, 4.69) is 64.2 Å². The Morgan fingerprint density at radius 3 is 2.60 bits per heavy atom. The molecule has 2 fully saturated rings. The van der Waals surface area contributed by atoms with Crippen LogP contribution in [0, 0.1) is 6.92 Å². The third kappa shape index (κ3) is 4.39. The molecular weight excluding hydrogens is 436 g/mol. The molecule has 0 N–H and O–H groups in total. The zero-order valence-corrected chi connectivity index (χ0v) is 20.3. The first kappa shape index (κ1) is 22.1. The second-order valence-corrected chi connectivity index (χ2v) is 9.83. The van der Waals surface area contributed by atoms with E-state index in [4.69, 9.17) is 4.74 Å². The molecule has 0 saturated carbocycles. The lowest BCUT2D eigenvalue weighted by molar-refractivity contribution is 0.0775. The maximum Gasteiger partial charge on any atom is 0.256 e. The van der Waals surface area contributed by atoms with Crippen molar-refractivity contribution in [3.63, 3.8) is 0 Å². The summed E-state index contributed by atoms with van der Waals surface area (Å²) in [6, 6.07) is 19.1. The van der Waals surface area contributed by atoms with Gasteiger partial charge >= 0.3 is 0 Å². The summed E-state index contributed by atoms with van der Waals surface area (Å²) in [6.45, 7) is 8.63. The molecule has 1 atom stereocenters. The molecule has 6 heteroatoms. The van der Waals surface area contributed by atoms with Crippen LogP contribution in [0.5, 0.6) is 5.75 Å². The number of amides is 1. The van der Waals surface area contributed by atoms with Crippen LogP contribution in [0.25, 0.3) is 10.8 Å². The quantitative estimate of drug-likeness (QED) is 0.546. The van der Waals surface area contributed by atoms with E-state index >= 15 is 0 Å². The molecule has 0 spiro atoms. The second kappa shape index (κ2) is 9.34. The van der Waals surface area contributed by atoms with E-state index < -0.39 is 0 Å². The molecule has 0 unspecified atom stereocenters. The van der Waals surface area contributed by atoms with Gasteiger partial charge in [-0.1, -0.05) is 18.2 Å². The highest BCUT2D eigenvalue weighted by Gasteiger charge is 2.31. The number of para-hydroxylation sites is 1. The van der Waals surface area contributed by atoms with Gasteiger partial charge < -0.3 is 14.5 Å². The number of benzene rings is 3. The SMILES string of the molecule is Cc1cc2cc3c(cc2cc1OCCN1CCN(c2ccccc2)CC1)C(=O)N1CCC[C@H]1C=N3. The number of hydrogen-bond acceptors (Lipinski definition) is 5. The Kier molecular flexibility index (Phi) is 5.90. The predicted octanol–water partition coefficient (Wildman–Crippen LogP) is 4.67. The Balaban J connectivity index is 1.12. The van der Waals surface area contributed by atoms with E-state index in [1.54, 1.807) is 0 Å². The van der Waals surface area contributed by atoms with Gasteiger partial charge in [-0.15, -0.1) is 0 Å². The summed E-state index contributed by atoms with van der Waals surface area (Å²) in [7, 11) is 0. The predicted molar refractivity (Wildman–Crippen MR) is 141 cm³/mol. The molecule has 6 nitrogen and oxygen atoms in total. The number of piperazine rings is 1. The Bertz CT molecular complexity index is 1260. The van der Waals surface area contributed by atoms with Gasteiger partial charge in [-0.3, -0.25) is 14.7 Å². The van der Waals surface area contributed by atoms with Gasteiger partial charge in [-0.05, 0) is 72.5 Å². The molecule has 3 heterocycles. The summed E-state index contributed by atoms with van der Waals surface area (Å²) < 4.78 is 6.24. The van der Waals surface area contributed by atoms with Crippen molar-refractivity contribution < 1.29 is 9.53 Å². The number of ether oxygens (including phenoxy) is 1. The Labute approximate surface area is 206 Å². The third-order valence-electron chi connectivity index (χ3n) is 7.58. The van der Waals surface area contributed by atoms with Crippen LogP contribution < -0.4 is 9.64 Å². The first-order chi connectivity index (χ1) is 17.2. The first-order valence-electron chi connectivity index (χ1n) is 12.7. The highest BCUT2D eigenvalue weighted by molar-refractivity contribution is 6.06. The van der Waals surface area contributed by atoms with Crippen LogP contribution in [-0.4, -0.2) is 73.8 Å². The molecule has 2 saturated heterocycles. The van der Waals surface area contributed by atoms with Crippen LogP contribution in [0.15, 0.2) is 59.6 Å². The van der Waals surface area contributed by atoms with Crippen molar-refractivity contribution in [2.45, 2.75) is 25.8 Å². The minimum Gasteiger partial charge on any atom is -0.492 e. The molecule has 3 aliphatic heterocycles. The van der Waals surface area contributed by atoms with E-state index in [-0.39, 0.29) is 11.9 Å². The van der Waals surface area contributed by atoms with Crippen LogP contribution >= 0.6 is 0 Å². The van der Waals surface area contributed by atoms with E-state index in [0.717, 1.165) is 79.9 Å². The second-order valence-electron chi connectivity index (χ2n) is 9.83. The van der Waals surface area contributed by atoms with Crippen molar-refractivity contribution in [3.05, 3.63) is 65.7 Å². The smallest absolute Gasteiger partial charge is 0.256 e. The van der Waals surface area contributed by atoms with Gasteiger partial charge in [0.25, 0.3) is 5.91 Å². The van der Waals surface area contributed by atoms with E-state index in [9.17, 15) is 4.79 Å². The number of fused-ring (bicyclic) bond motifs is 3. The number of nitrogens with zero attached hydrogens (tertiary/aromatic N) is 4. The lowest BCUT2D eigenvalue weighted by atomic mass is 10.0. The van der Waals surface area contributed by atoms with Crippen LogP contribution in [0.2, 0.25) is 0 Å². The highest BCUT2D eigenvalue weighted by Crippen LogP contribution is 2.34. The topological polar surface area (TPSA) is 48.4 Å². The van der Waals surface area contributed by atoms with Gasteiger partial charge in [0, 0.05) is 51.2 Å². The van der Waals surface area contributed by atoms with Crippen molar-refractivity contribution in [2.75, 3.05) is 50.8 Å². The number of carbonyl (C=O) groups excluding carboxylic acids is 1. The summed E-state index contributed by atoms with van der Waals surface area (Å²) >= 11 is 0. The fraction of sp³-hybridized carbons (Fsp3) is 0.379. The van der Waals surface area contributed by atoms with Crippen LogP contribution in [0.4, 0.5) is 11.4 Å². The van der Waals surface area contributed by atoms with Crippen LogP contribution in [-0.2, 0) is 0 Å². The maximum atomic E-state index is 13.2. The fourth-order valence-electron chi connectivity index (χ4n) is 5.54. The molecule has 3 aliphatic rings. The van der Waals surface area contributed by atoms with Crippen molar-refractivity contribution in [1.29, 1.82) is 0 Å². The van der Waals surface area contributed by atoms with Crippen LogP contribution in [0.1, 0.15) is 28.8 Å². The Morgan fingerprint density at radius 2 is 1.77 bits per heavy atom. The molecular formula is C29H32N4O2. The summed E-state index contributed by atoms with van der Waals surface area (Å²) in [6.07, 6.45) is 4.00. The minimum atomic E-state index is 0.0968. The van der Waals surface area contributed by atoms with Gasteiger partial charge in [-0.25, -0.2) is 0 Å². The number of rotatable bonds is 5. The lowest BCUT2D eigenvalue weighted by Gasteiger charge is -2.36. The summed E-state index contributed by atoms with van der Waals surface area (Å²) in [5.74, 6) is 0.989. The average molecular weight is 469 g/mol. The molecule has 1 amide bonds. The molecule has 0 bridgehead atoms. The van der Waals surface area contributed by atoms with Crippen LogP contribution in [0.3, 0.4) is 0 Å². The van der Waals surface area contributed by atoms with E-state index in [1.807, 2.05) is 23.2 Å². The Hall–Kier alpha value is -3.38. The van der Waals surface area contributed by atoms with Gasteiger partial charge in [0.15, 0.2) is 0 Å². The third-order valence-corrected chi connectivity index (χ3v) is 7.58. The summed E-state index contributed by atoms with van der Waals surface area (Å²) in [5, 5.41) is 2.12. The molecule has 180 valence electrons. The lowest BCUT2D eigenvalue weighted by Crippen LogP contribution is -2.47. The monoisotopic (exact) mass is 468 g/mol. The molecule has 0 radical (unpaired) electrons. The average Bonchev–Trinajstić information content (AvgIpc) is 3.32. The molecule has 0 aliphatic carbocycles. The number of aliphatic imine (C=N–C) groups is 1. The normalized spacial score (nSPS) is 20.1. The summed E-state index contributed by atoms with van der Waals surface area (Å²) in [5.41, 5.74) is 3.89. The molecule has 6 rings (SSSR count). The number of anilines is 1. The molecule has 35 heavy (non-hydrogen) atoms. The zero-order chi connectivity index (χ0) is 23.8. The molecule has 0 aromatic heterocycles. The van der Waals surface area contributed by atoms with Crippen molar-refractivity contribution in [1.82, 2.24) is 9.80 Å². The number of carbonyl (C=O) groups is 1. The van der Waals surface area contributed by atoms with Gasteiger partial charge in [0.2, 0.25) is 0 Å². The van der Waals surface area contributed by atoms with Gasteiger partial charge in [0.05, 0.1) is 17.3 Å².